The molecule has 7 heteroatoms. The van der Waals surface area contributed by atoms with Crippen molar-refractivity contribution >= 4 is 16.0 Å². The summed E-state index contributed by atoms with van der Waals surface area (Å²) in [6.45, 7) is 0.528. The van der Waals surface area contributed by atoms with Gasteiger partial charge in [-0.3, -0.25) is 9.78 Å². The molecule has 0 aromatic carbocycles. The largest absolute Gasteiger partial charge is 0.469 e. The second kappa shape index (κ2) is 7.00. The van der Waals surface area contributed by atoms with Gasteiger partial charge in [0.1, 0.15) is 0 Å². The minimum absolute atomic E-state index is 0.0289. The summed E-state index contributed by atoms with van der Waals surface area (Å²) in [5.41, 5.74) is 0.923. The van der Waals surface area contributed by atoms with E-state index in [-0.39, 0.29) is 30.6 Å². The quantitative estimate of drug-likeness (QED) is 0.744. The van der Waals surface area contributed by atoms with Crippen LogP contribution in [-0.4, -0.2) is 43.1 Å². The Kier molecular flexibility index (Phi) is 5.30. The number of hydrogen-bond acceptors (Lipinski definition) is 5. The van der Waals surface area contributed by atoms with Crippen LogP contribution >= 0.6 is 0 Å². The van der Waals surface area contributed by atoms with Crippen LogP contribution in [0.2, 0.25) is 0 Å². The summed E-state index contributed by atoms with van der Waals surface area (Å²) >= 11 is 0. The van der Waals surface area contributed by atoms with Crippen molar-refractivity contribution in [3.63, 3.8) is 0 Å². The van der Waals surface area contributed by atoms with Gasteiger partial charge < -0.3 is 4.74 Å². The lowest BCUT2D eigenvalue weighted by atomic mass is 10.1. The van der Waals surface area contributed by atoms with Crippen LogP contribution in [0.15, 0.2) is 24.5 Å². The first-order valence-corrected chi connectivity index (χ1v) is 8.62. The number of ether oxygens (including phenoxy) is 1. The van der Waals surface area contributed by atoms with Gasteiger partial charge in [0.05, 0.1) is 18.9 Å². The molecule has 0 N–H and O–H groups in total. The third kappa shape index (κ3) is 4.01. The maximum atomic E-state index is 12.4. The number of aromatic nitrogens is 1. The van der Waals surface area contributed by atoms with Gasteiger partial charge in [-0.1, -0.05) is 6.07 Å². The highest BCUT2D eigenvalue weighted by molar-refractivity contribution is 7.89. The van der Waals surface area contributed by atoms with E-state index in [4.69, 9.17) is 0 Å². The van der Waals surface area contributed by atoms with Crippen LogP contribution in [0.25, 0.3) is 0 Å². The minimum Gasteiger partial charge on any atom is -0.469 e. The van der Waals surface area contributed by atoms with Crippen LogP contribution in [0.3, 0.4) is 0 Å². The van der Waals surface area contributed by atoms with Gasteiger partial charge in [-0.2, -0.15) is 4.31 Å². The predicted molar refractivity (Wildman–Crippen MR) is 78.0 cm³/mol. The Morgan fingerprint density at radius 3 is 3.00 bits per heavy atom. The van der Waals surface area contributed by atoms with Gasteiger partial charge in [-0.05, 0) is 30.9 Å². The Hall–Kier alpha value is -1.47. The monoisotopic (exact) mass is 312 g/mol. The summed E-state index contributed by atoms with van der Waals surface area (Å²) in [7, 11) is -2.06. The van der Waals surface area contributed by atoms with E-state index in [1.807, 2.05) is 12.1 Å². The molecule has 1 unspecified atom stereocenters. The van der Waals surface area contributed by atoms with Crippen molar-refractivity contribution < 1.29 is 17.9 Å². The second-order valence-corrected chi connectivity index (χ2v) is 7.09. The lowest BCUT2D eigenvalue weighted by molar-refractivity contribution is -0.140. The van der Waals surface area contributed by atoms with Crippen molar-refractivity contribution in [3.05, 3.63) is 30.1 Å². The number of carbonyl (C=O) groups is 1. The van der Waals surface area contributed by atoms with E-state index in [1.54, 1.807) is 16.7 Å². The van der Waals surface area contributed by atoms with Crippen LogP contribution in [0.5, 0.6) is 0 Å². The molecule has 0 amide bonds. The first kappa shape index (κ1) is 15.9. The molecule has 21 heavy (non-hydrogen) atoms. The number of rotatable bonds is 6. The molecule has 1 aromatic heterocycles. The maximum Gasteiger partial charge on any atom is 0.305 e. The fourth-order valence-electron chi connectivity index (χ4n) is 2.60. The Morgan fingerprint density at radius 1 is 1.52 bits per heavy atom. The molecule has 0 spiro atoms. The molecule has 2 rings (SSSR count). The van der Waals surface area contributed by atoms with E-state index in [0.717, 1.165) is 18.4 Å². The number of pyridine rings is 1. The van der Waals surface area contributed by atoms with Crippen LogP contribution in [0, 0.1) is 0 Å². The average molecular weight is 312 g/mol. The highest BCUT2D eigenvalue weighted by Gasteiger charge is 2.34. The van der Waals surface area contributed by atoms with Crippen molar-refractivity contribution in [1.82, 2.24) is 9.29 Å². The van der Waals surface area contributed by atoms with E-state index in [1.165, 1.54) is 7.11 Å². The van der Waals surface area contributed by atoms with E-state index >= 15 is 0 Å². The summed E-state index contributed by atoms with van der Waals surface area (Å²) in [5.74, 6) is -0.408. The third-order valence-electron chi connectivity index (χ3n) is 3.64. The molecule has 1 fully saturated rings. The zero-order chi connectivity index (χ0) is 15.3. The fraction of sp³-hybridized carbons (Fsp3) is 0.571. The van der Waals surface area contributed by atoms with E-state index < -0.39 is 10.0 Å². The Balaban J connectivity index is 2.03. The highest BCUT2D eigenvalue weighted by Crippen LogP contribution is 2.34. The van der Waals surface area contributed by atoms with Crippen molar-refractivity contribution in [3.8, 4) is 0 Å². The van der Waals surface area contributed by atoms with Crippen molar-refractivity contribution in [2.75, 3.05) is 19.4 Å². The summed E-state index contributed by atoms with van der Waals surface area (Å²) in [6, 6.07) is 3.58. The molecule has 2 heterocycles. The molecule has 1 aromatic rings. The molecule has 0 aliphatic carbocycles. The summed E-state index contributed by atoms with van der Waals surface area (Å²) in [4.78, 5) is 15.1. The Bertz CT molecular complexity index is 574. The first-order valence-electron chi connectivity index (χ1n) is 7.01. The van der Waals surface area contributed by atoms with Gasteiger partial charge in [0.15, 0.2) is 0 Å². The lowest BCUT2D eigenvalue weighted by Gasteiger charge is -2.24. The van der Waals surface area contributed by atoms with E-state index in [0.29, 0.717) is 6.54 Å². The Labute approximate surface area is 125 Å². The average Bonchev–Trinajstić information content (AvgIpc) is 2.98. The van der Waals surface area contributed by atoms with Crippen molar-refractivity contribution in [1.29, 1.82) is 0 Å². The number of sulfonamides is 1. The summed E-state index contributed by atoms with van der Waals surface area (Å²) in [5, 5.41) is 0. The number of hydrogen-bond donors (Lipinski definition) is 0. The van der Waals surface area contributed by atoms with E-state index in [9.17, 15) is 13.2 Å². The first-order chi connectivity index (χ1) is 10.0. The highest BCUT2D eigenvalue weighted by atomic mass is 32.2. The smallest absolute Gasteiger partial charge is 0.305 e. The van der Waals surface area contributed by atoms with Crippen LogP contribution in [-0.2, 0) is 19.6 Å². The van der Waals surface area contributed by atoms with Crippen LogP contribution in [0.1, 0.15) is 37.3 Å². The maximum absolute atomic E-state index is 12.4. The van der Waals surface area contributed by atoms with E-state index in [2.05, 4.69) is 9.72 Å². The second-order valence-electron chi connectivity index (χ2n) is 5.05. The molecule has 1 atom stereocenters. The molecule has 6 nitrogen and oxygen atoms in total. The normalized spacial score (nSPS) is 19.6. The molecule has 1 saturated heterocycles. The van der Waals surface area contributed by atoms with Crippen molar-refractivity contribution in [2.24, 2.45) is 0 Å². The number of nitrogens with zero attached hydrogens (tertiary/aromatic N) is 2. The zero-order valence-corrected chi connectivity index (χ0v) is 12.9. The van der Waals surface area contributed by atoms with Crippen molar-refractivity contribution in [2.45, 2.75) is 31.7 Å². The third-order valence-corrected chi connectivity index (χ3v) is 5.60. The molecule has 1 aliphatic heterocycles. The zero-order valence-electron chi connectivity index (χ0n) is 12.1. The Morgan fingerprint density at radius 2 is 2.33 bits per heavy atom. The fourth-order valence-corrected chi connectivity index (χ4v) is 4.36. The minimum atomic E-state index is -3.36. The predicted octanol–water partition coefficient (Wildman–Crippen LogP) is 1.50. The molecule has 0 bridgehead atoms. The number of esters is 1. The van der Waals surface area contributed by atoms with Crippen LogP contribution < -0.4 is 0 Å². The molecular formula is C14H20N2O4S. The molecule has 0 saturated carbocycles. The SMILES string of the molecule is COC(=O)CCCS(=O)(=O)N1CCCC1c1cccnc1. The molecule has 116 valence electrons. The lowest BCUT2D eigenvalue weighted by Crippen LogP contribution is -2.32. The van der Waals surface area contributed by atoms with Gasteiger partial charge in [-0.25, -0.2) is 8.42 Å². The van der Waals surface area contributed by atoms with Gasteiger partial charge in [0.2, 0.25) is 10.0 Å². The standard InChI is InChI=1S/C14H20N2O4S/c1-20-14(17)7-4-10-21(18,19)16-9-3-6-13(16)12-5-2-8-15-11-12/h2,5,8,11,13H,3-4,6-7,9-10H2,1H3. The molecule has 1 aliphatic rings. The molecular weight excluding hydrogens is 292 g/mol. The topological polar surface area (TPSA) is 76.6 Å². The number of methoxy groups -OCH3 is 1. The number of carbonyl (C=O) groups excluding carboxylic acids is 1. The summed E-state index contributed by atoms with van der Waals surface area (Å²) < 4.78 is 30.9. The van der Waals surface area contributed by atoms with Gasteiger partial charge in [0, 0.05) is 25.4 Å². The van der Waals surface area contributed by atoms with Gasteiger partial charge in [-0.15, -0.1) is 0 Å². The van der Waals surface area contributed by atoms with Crippen LogP contribution in [0.4, 0.5) is 0 Å². The van der Waals surface area contributed by atoms with Gasteiger partial charge in [0.25, 0.3) is 0 Å². The summed E-state index contributed by atoms with van der Waals surface area (Å²) in [6.07, 6.45) is 5.45. The molecule has 0 radical (unpaired) electrons. The van der Waals surface area contributed by atoms with Gasteiger partial charge >= 0.3 is 5.97 Å².